The second kappa shape index (κ2) is 15.1. The average molecular weight is 381 g/mol. The molecule has 0 unspecified atom stereocenters. The van der Waals surface area contributed by atoms with Crippen LogP contribution in [0, 0.1) is 25.7 Å². The van der Waals surface area contributed by atoms with E-state index in [0.29, 0.717) is 0 Å². The third kappa shape index (κ3) is 11.8. The molecule has 0 aliphatic heterocycles. The molecule has 0 aromatic heterocycles. The van der Waals surface area contributed by atoms with Gasteiger partial charge < -0.3 is 0 Å². The average Bonchev–Trinajstić information content (AvgIpc) is 2.68. The van der Waals surface area contributed by atoms with Crippen molar-refractivity contribution in [1.29, 1.82) is 0 Å². The zero-order chi connectivity index (χ0) is 20.1. The summed E-state index contributed by atoms with van der Waals surface area (Å²) in [7, 11) is 0. The topological polar surface area (TPSA) is 0 Å². The summed E-state index contributed by atoms with van der Waals surface area (Å²) in [4.78, 5) is 0. The Labute approximate surface area is 176 Å². The molecule has 0 heteroatoms. The van der Waals surface area contributed by atoms with Gasteiger partial charge in [-0.1, -0.05) is 120 Å². The van der Waals surface area contributed by atoms with Crippen LogP contribution >= 0.6 is 0 Å². The van der Waals surface area contributed by atoms with Crippen molar-refractivity contribution in [2.24, 2.45) is 11.8 Å². The van der Waals surface area contributed by atoms with Gasteiger partial charge in [-0.25, -0.2) is 0 Å². The first-order valence-corrected chi connectivity index (χ1v) is 10.7. The maximum Gasteiger partial charge on any atom is -0.0100 e. The molecule has 0 amide bonds. The predicted molar refractivity (Wildman–Crippen MR) is 129 cm³/mol. The summed E-state index contributed by atoms with van der Waals surface area (Å²) < 4.78 is 0. The lowest BCUT2D eigenvalue weighted by Gasteiger charge is -2.22. The first-order valence-electron chi connectivity index (χ1n) is 10.7. The van der Waals surface area contributed by atoms with Crippen molar-refractivity contribution in [1.82, 2.24) is 0 Å². The highest BCUT2D eigenvalue weighted by Crippen LogP contribution is 2.27. The summed E-state index contributed by atoms with van der Waals surface area (Å²) in [5, 5.41) is 0. The molecule has 0 bridgehead atoms. The normalized spacial score (nSPS) is 17.8. The lowest BCUT2D eigenvalue weighted by atomic mass is 9.84. The standard InChI is InChI=1S/C10H12.C9H12.C8H16.CH4/c1-3-4-10-7-5-9(2)6-8-10;1-3-9-6-4-8(2)5-7-9;1-7-3-5-8(2)6-4-7;/h3,5-8H,1,4H2,2H3;4-7H,3H2,1-2H3;7-8H,3-6H2,1-2H3;1H4. The largest absolute Gasteiger partial charge is 0.103 e. The van der Waals surface area contributed by atoms with Crippen LogP contribution in [0.25, 0.3) is 0 Å². The van der Waals surface area contributed by atoms with E-state index in [9.17, 15) is 0 Å². The summed E-state index contributed by atoms with van der Waals surface area (Å²) in [6, 6.07) is 17.2. The van der Waals surface area contributed by atoms with Gasteiger partial charge in [-0.3, -0.25) is 0 Å². The highest BCUT2D eigenvalue weighted by Gasteiger charge is 2.13. The maximum absolute atomic E-state index is 3.68. The quantitative estimate of drug-likeness (QED) is 0.467. The molecule has 0 radical (unpaired) electrons. The molecule has 28 heavy (non-hydrogen) atoms. The Hall–Kier alpha value is -1.82. The Morgan fingerprint density at radius 2 is 1.11 bits per heavy atom. The minimum absolute atomic E-state index is 0. The van der Waals surface area contributed by atoms with Crippen LogP contribution in [0.15, 0.2) is 61.2 Å². The first-order chi connectivity index (χ1) is 12.9. The van der Waals surface area contributed by atoms with Gasteiger partial charge in [0.25, 0.3) is 0 Å². The molecule has 0 heterocycles. The summed E-state index contributed by atoms with van der Waals surface area (Å²) >= 11 is 0. The van der Waals surface area contributed by atoms with Crippen LogP contribution in [-0.2, 0) is 12.8 Å². The predicted octanol–water partition coefficient (Wildman–Crippen LogP) is 8.75. The van der Waals surface area contributed by atoms with E-state index >= 15 is 0 Å². The van der Waals surface area contributed by atoms with Gasteiger partial charge in [0, 0.05) is 0 Å². The number of rotatable bonds is 3. The molecule has 1 aliphatic rings. The fourth-order valence-corrected chi connectivity index (χ4v) is 3.14. The second-order valence-electron chi connectivity index (χ2n) is 8.18. The molecule has 0 atom stereocenters. The van der Waals surface area contributed by atoms with Gasteiger partial charge in [0.2, 0.25) is 0 Å². The summed E-state index contributed by atoms with van der Waals surface area (Å²) in [6.07, 6.45) is 9.93. The van der Waals surface area contributed by atoms with E-state index in [-0.39, 0.29) is 7.43 Å². The second-order valence-corrected chi connectivity index (χ2v) is 8.18. The minimum atomic E-state index is 0. The van der Waals surface area contributed by atoms with Gasteiger partial charge in [-0.2, -0.15) is 0 Å². The van der Waals surface area contributed by atoms with Crippen molar-refractivity contribution in [3.8, 4) is 0 Å². The Balaban J connectivity index is 0.000000386. The van der Waals surface area contributed by atoms with E-state index in [4.69, 9.17) is 0 Å². The van der Waals surface area contributed by atoms with Crippen LogP contribution in [0.2, 0.25) is 0 Å². The molecule has 2 aromatic rings. The van der Waals surface area contributed by atoms with Gasteiger partial charge in [-0.15, -0.1) is 6.58 Å². The van der Waals surface area contributed by atoms with E-state index in [1.807, 2.05) is 6.08 Å². The van der Waals surface area contributed by atoms with Crippen molar-refractivity contribution in [2.75, 3.05) is 0 Å². The van der Waals surface area contributed by atoms with Crippen LogP contribution in [0.3, 0.4) is 0 Å². The highest BCUT2D eigenvalue weighted by atomic mass is 14.2. The van der Waals surface area contributed by atoms with Crippen LogP contribution in [0.1, 0.15) is 76.1 Å². The number of benzene rings is 2. The molecule has 0 saturated heterocycles. The monoisotopic (exact) mass is 380 g/mol. The molecule has 156 valence electrons. The van der Waals surface area contributed by atoms with Gasteiger partial charge in [0.15, 0.2) is 0 Å². The van der Waals surface area contributed by atoms with Crippen molar-refractivity contribution in [3.63, 3.8) is 0 Å². The first kappa shape index (κ1) is 26.2. The minimum Gasteiger partial charge on any atom is -0.103 e. The van der Waals surface area contributed by atoms with Crippen molar-refractivity contribution >= 4 is 0 Å². The molecule has 1 fully saturated rings. The molecule has 1 saturated carbocycles. The Morgan fingerprint density at radius 3 is 1.43 bits per heavy atom. The van der Waals surface area contributed by atoms with E-state index in [2.05, 4.69) is 89.7 Å². The van der Waals surface area contributed by atoms with Gasteiger partial charge in [-0.05, 0) is 49.7 Å². The molecule has 0 spiro atoms. The zero-order valence-electron chi connectivity index (χ0n) is 18.3. The SMILES string of the molecule is C.C=CCc1ccc(C)cc1.CC1CCC(C)CC1.CCc1ccc(C)cc1. The smallest absolute Gasteiger partial charge is 0.0100 e. The maximum atomic E-state index is 3.68. The third-order valence-corrected chi connectivity index (χ3v) is 5.33. The van der Waals surface area contributed by atoms with Gasteiger partial charge in [0.1, 0.15) is 0 Å². The van der Waals surface area contributed by atoms with Crippen LogP contribution in [0.4, 0.5) is 0 Å². The van der Waals surface area contributed by atoms with Crippen LogP contribution in [-0.4, -0.2) is 0 Å². The molecule has 2 aromatic carbocycles. The molecular weight excluding hydrogens is 336 g/mol. The molecular formula is C28H44. The van der Waals surface area contributed by atoms with Crippen molar-refractivity contribution in [2.45, 2.75) is 80.6 Å². The molecule has 3 rings (SSSR count). The van der Waals surface area contributed by atoms with E-state index in [0.717, 1.165) is 24.7 Å². The Morgan fingerprint density at radius 1 is 0.750 bits per heavy atom. The van der Waals surface area contributed by atoms with Gasteiger partial charge >= 0.3 is 0 Å². The number of hydrogen-bond donors (Lipinski definition) is 0. The Kier molecular flexibility index (Phi) is 14.2. The van der Waals surface area contributed by atoms with E-state index < -0.39 is 0 Å². The fraction of sp³-hybridized carbons (Fsp3) is 0.500. The number of aryl methyl sites for hydroxylation is 3. The lowest BCUT2D eigenvalue weighted by Crippen LogP contribution is -2.08. The van der Waals surface area contributed by atoms with Crippen LogP contribution in [0.5, 0.6) is 0 Å². The summed E-state index contributed by atoms with van der Waals surface area (Å²) in [6.45, 7) is 14.8. The van der Waals surface area contributed by atoms with Crippen LogP contribution < -0.4 is 0 Å². The summed E-state index contributed by atoms with van der Waals surface area (Å²) in [5.41, 5.74) is 5.40. The zero-order valence-corrected chi connectivity index (χ0v) is 18.3. The lowest BCUT2D eigenvalue weighted by molar-refractivity contribution is 0.308. The molecule has 1 aliphatic carbocycles. The van der Waals surface area contributed by atoms with Crippen molar-refractivity contribution in [3.05, 3.63) is 83.4 Å². The number of allylic oxidation sites excluding steroid dienone is 1. The Bertz CT molecular complexity index is 600. The molecule has 0 N–H and O–H groups in total. The van der Waals surface area contributed by atoms with Gasteiger partial charge in [0.05, 0.1) is 0 Å². The number of hydrogen-bond acceptors (Lipinski definition) is 0. The fourth-order valence-electron chi connectivity index (χ4n) is 3.14. The summed E-state index contributed by atoms with van der Waals surface area (Å²) in [5.74, 6) is 2.04. The third-order valence-electron chi connectivity index (χ3n) is 5.33. The molecule has 0 nitrogen and oxygen atoms in total. The van der Waals surface area contributed by atoms with E-state index in [1.165, 1.54) is 47.9 Å². The highest BCUT2D eigenvalue weighted by molar-refractivity contribution is 5.22. The van der Waals surface area contributed by atoms with Crippen molar-refractivity contribution < 1.29 is 0 Å². The van der Waals surface area contributed by atoms with E-state index in [1.54, 1.807) is 0 Å².